The van der Waals surface area contributed by atoms with Crippen molar-refractivity contribution in [1.82, 2.24) is 9.88 Å². The zero-order valence-corrected chi connectivity index (χ0v) is 21.5. The molecular formula is C27H37N3O2S. The van der Waals surface area contributed by atoms with Gasteiger partial charge >= 0.3 is 0 Å². The van der Waals surface area contributed by atoms with Gasteiger partial charge in [-0.1, -0.05) is 51.0 Å². The van der Waals surface area contributed by atoms with E-state index in [2.05, 4.69) is 51.7 Å². The van der Waals surface area contributed by atoms with Gasteiger partial charge in [0.1, 0.15) is 5.75 Å². The summed E-state index contributed by atoms with van der Waals surface area (Å²) < 4.78 is 7.01. The number of hydrogen-bond donors (Lipinski definition) is 0. The third-order valence-corrected chi connectivity index (χ3v) is 7.14. The number of rotatable bonds is 12. The third kappa shape index (κ3) is 6.55. The summed E-state index contributed by atoms with van der Waals surface area (Å²) in [4.78, 5) is 22.7. The van der Waals surface area contributed by atoms with Gasteiger partial charge in [0, 0.05) is 18.7 Å². The predicted molar refractivity (Wildman–Crippen MR) is 140 cm³/mol. The van der Waals surface area contributed by atoms with E-state index in [1.807, 2.05) is 29.2 Å². The minimum absolute atomic E-state index is 0.0336. The molecule has 0 saturated heterocycles. The van der Waals surface area contributed by atoms with Crippen LogP contribution in [0.15, 0.2) is 36.4 Å². The van der Waals surface area contributed by atoms with Crippen LogP contribution in [0.3, 0.4) is 0 Å². The third-order valence-electron chi connectivity index (χ3n) is 6.10. The van der Waals surface area contributed by atoms with Gasteiger partial charge in [-0.15, -0.1) is 0 Å². The van der Waals surface area contributed by atoms with Crippen LogP contribution in [-0.2, 0) is 0 Å². The van der Waals surface area contributed by atoms with Crippen LogP contribution in [0.1, 0.15) is 61.5 Å². The van der Waals surface area contributed by atoms with Crippen LogP contribution in [-0.4, -0.2) is 48.6 Å². The van der Waals surface area contributed by atoms with Crippen LogP contribution in [0, 0.1) is 13.8 Å². The van der Waals surface area contributed by atoms with Gasteiger partial charge < -0.3 is 9.64 Å². The second-order valence-electron chi connectivity index (χ2n) is 8.47. The molecule has 5 nitrogen and oxygen atoms in total. The number of aryl methyl sites for hydroxylation is 2. The van der Waals surface area contributed by atoms with Crippen LogP contribution in [0.5, 0.6) is 5.75 Å². The summed E-state index contributed by atoms with van der Waals surface area (Å²) in [6.07, 6.45) is 3.33. The van der Waals surface area contributed by atoms with Crippen molar-refractivity contribution in [3.8, 4) is 5.75 Å². The van der Waals surface area contributed by atoms with Crippen molar-refractivity contribution >= 4 is 32.6 Å². The van der Waals surface area contributed by atoms with Crippen molar-refractivity contribution in [3.63, 3.8) is 0 Å². The molecule has 0 N–H and O–H groups in total. The molecule has 1 aromatic heterocycles. The van der Waals surface area contributed by atoms with E-state index in [4.69, 9.17) is 9.72 Å². The number of ether oxygens (including phenoxy) is 1. The molecule has 0 aliphatic carbocycles. The lowest BCUT2D eigenvalue weighted by Gasteiger charge is -2.25. The van der Waals surface area contributed by atoms with Crippen molar-refractivity contribution in [1.29, 1.82) is 0 Å². The number of carbonyl (C=O) groups excluding carboxylic acids is 1. The molecule has 3 rings (SSSR count). The normalized spacial score (nSPS) is 11.3. The van der Waals surface area contributed by atoms with Gasteiger partial charge in [-0.3, -0.25) is 9.69 Å². The summed E-state index contributed by atoms with van der Waals surface area (Å²) in [5.41, 5.74) is 4.04. The first-order chi connectivity index (χ1) is 16.0. The topological polar surface area (TPSA) is 45.7 Å². The lowest BCUT2D eigenvalue weighted by atomic mass is 10.1. The first kappa shape index (κ1) is 25.2. The first-order valence-corrected chi connectivity index (χ1v) is 12.9. The summed E-state index contributed by atoms with van der Waals surface area (Å²) in [6, 6.07) is 11.8. The number of hydrogen-bond acceptors (Lipinski definition) is 5. The van der Waals surface area contributed by atoms with Gasteiger partial charge in [0.15, 0.2) is 5.13 Å². The van der Waals surface area contributed by atoms with Crippen LogP contribution >= 0.6 is 11.3 Å². The van der Waals surface area contributed by atoms with Gasteiger partial charge in [-0.25, -0.2) is 4.98 Å². The Morgan fingerprint density at radius 1 is 1.00 bits per heavy atom. The fourth-order valence-electron chi connectivity index (χ4n) is 3.77. The fourth-order valence-corrected chi connectivity index (χ4v) is 4.84. The number of fused-ring (bicyclic) bond motifs is 1. The number of carbonyl (C=O) groups is 1. The van der Waals surface area contributed by atoms with Gasteiger partial charge in [0.25, 0.3) is 5.91 Å². The highest BCUT2D eigenvalue weighted by Crippen LogP contribution is 2.32. The number of unbranched alkanes of at least 4 members (excludes halogenated alkanes) is 2. The first-order valence-electron chi connectivity index (χ1n) is 12.1. The standard InChI is InChI=1S/C27H37N3O2S/c1-6-9-10-16-32-23-13-11-12-22(19-23)26(31)30(15-14-29(7-2)8-3)27-28-24-17-20(4)21(5)18-25(24)33-27/h11-13,17-19H,6-10,14-16H2,1-5H3. The number of nitrogens with zero attached hydrogens (tertiary/aromatic N) is 3. The maximum atomic E-state index is 13.7. The average Bonchev–Trinajstić information content (AvgIpc) is 3.22. The monoisotopic (exact) mass is 467 g/mol. The molecule has 1 amide bonds. The molecule has 0 spiro atoms. The largest absolute Gasteiger partial charge is 0.494 e. The van der Waals surface area contributed by atoms with Crippen molar-refractivity contribution in [2.75, 3.05) is 37.7 Å². The van der Waals surface area contributed by atoms with Gasteiger partial charge in [0.05, 0.1) is 16.8 Å². The highest BCUT2D eigenvalue weighted by atomic mass is 32.1. The van der Waals surface area contributed by atoms with E-state index in [0.717, 1.165) is 60.0 Å². The zero-order valence-electron chi connectivity index (χ0n) is 20.7. The van der Waals surface area contributed by atoms with E-state index in [1.54, 1.807) is 11.3 Å². The Morgan fingerprint density at radius 2 is 1.76 bits per heavy atom. The maximum Gasteiger partial charge on any atom is 0.260 e. The Hall–Kier alpha value is -2.44. The van der Waals surface area contributed by atoms with Gasteiger partial charge in [0.2, 0.25) is 0 Å². The Kier molecular flexibility index (Phi) is 9.27. The molecule has 0 aliphatic rings. The van der Waals surface area contributed by atoms with Crippen molar-refractivity contribution < 1.29 is 9.53 Å². The Labute approximate surface area is 202 Å². The average molecular weight is 468 g/mol. The van der Waals surface area contributed by atoms with Crippen molar-refractivity contribution in [2.24, 2.45) is 0 Å². The maximum absolute atomic E-state index is 13.7. The second kappa shape index (κ2) is 12.1. The quantitative estimate of drug-likeness (QED) is 0.286. The smallest absolute Gasteiger partial charge is 0.260 e. The number of anilines is 1. The van der Waals surface area contributed by atoms with Crippen molar-refractivity contribution in [2.45, 2.75) is 53.9 Å². The molecule has 0 aliphatic heterocycles. The van der Waals surface area contributed by atoms with Crippen molar-refractivity contribution in [3.05, 3.63) is 53.1 Å². The van der Waals surface area contributed by atoms with E-state index in [1.165, 1.54) is 11.1 Å². The zero-order chi connectivity index (χ0) is 23.8. The fraction of sp³-hybridized carbons (Fsp3) is 0.481. The van der Waals surface area contributed by atoms with E-state index >= 15 is 0 Å². The number of aromatic nitrogens is 1. The molecule has 2 aromatic carbocycles. The second-order valence-corrected chi connectivity index (χ2v) is 9.48. The Bertz CT molecular complexity index is 1020. The van der Waals surface area contributed by atoms with Gasteiger partial charge in [-0.2, -0.15) is 0 Å². The molecule has 1 heterocycles. The molecule has 0 unspecified atom stereocenters. The lowest BCUT2D eigenvalue weighted by molar-refractivity contribution is 0.0983. The van der Waals surface area contributed by atoms with E-state index in [9.17, 15) is 4.79 Å². The minimum Gasteiger partial charge on any atom is -0.494 e. The summed E-state index contributed by atoms with van der Waals surface area (Å²) >= 11 is 1.59. The Balaban J connectivity index is 1.88. The predicted octanol–water partition coefficient (Wildman–Crippen LogP) is 6.47. The van der Waals surface area contributed by atoms with E-state index < -0.39 is 0 Å². The summed E-state index contributed by atoms with van der Waals surface area (Å²) in [5, 5.41) is 0.751. The van der Waals surface area contributed by atoms with Gasteiger partial charge in [-0.05, 0) is 74.8 Å². The molecule has 6 heteroatoms. The minimum atomic E-state index is -0.0336. The molecule has 0 bridgehead atoms. The molecule has 3 aromatic rings. The Morgan fingerprint density at radius 3 is 2.48 bits per heavy atom. The molecule has 0 atom stereocenters. The molecule has 33 heavy (non-hydrogen) atoms. The number of amides is 1. The summed E-state index contributed by atoms with van der Waals surface area (Å²) in [7, 11) is 0. The number of thiazole rings is 1. The lowest BCUT2D eigenvalue weighted by Crippen LogP contribution is -2.38. The van der Waals surface area contributed by atoms with Crippen LogP contribution in [0.4, 0.5) is 5.13 Å². The van der Waals surface area contributed by atoms with Crippen LogP contribution < -0.4 is 9.64 Å². The SMILES string of the molecule is CCCCCOc1cccc(C(=O)N(CCN(CC)CC)c2nc3cc(C)c(C)cc3s2)c1. The molecule has 0 radical (unpaired) electrons. The number of benzene rings is 2. The van der Waals surface area contributed by atoms with Crippen LogP contribution in [0.2, 0.25) is 0 Å². The highest BCUT2D eigenvalue weighted by Gasteiger charge is 2.22. The van der Waals surface area contributed by atoms with E-state index in [-0.39, 0.29) is 5.91 Å². The molecule has 178 valence electrons. The highest BCUT2D eigenvalue weighted by molar-refractivity contribution is 7.22. The molecule has 0 fully saturated rings. The molecular weight excluding hydrogens is 430 g/mol. The molecule has 0 saturated carbocycles. The summed E-state index contributed by atoms with van der Waals surface area (Å²) in [6.45, 7) is 14.7. The van der Waals surface area contributed by atoms with Crippen LogP contribution in [0.25, 0.3) is 10.2 Å². The van der Waals surface area contributed by atoms with E-state index in [0.29, 0.717) is 18.7 Å². The number of likely N-dealkylation sites (N-methyl/N-ethyl adjacent to an activating group) is 1. The summed E-state index contributed by atoms with van der Waals surface area (Å²) in [5.74, 6) is 0.713.